The Balaban J connectivity index is 2.06. The van der Waals surface area contributed by atoms with Crippen molar-refractivity contribution in [3.8, 4) is 11.5 Å². The van der Waals surface area contributed by atoms with Crippen LogP contribution in [0.2, 0.25) is 0 Å². The number of nitrogens with two attached hydrogens (primary N) is 1. The maximum Gasteiger partial charge on any atom is 0.161 e. The van der Waals surface area contributed by atoms with Crippen molar-refractivity contribution in [3.05, 3.63) is 53.6 Å². The van der Waals surface area contributed by atoms with Gasteiger partial charge in [-0.25, -0.2) is 0 Å². The molecule has 0 heterocycles. The molecule has 0 aliphatic rings. The van der Waals surface area contributed by atoms with Gasteiger partial charge in [-0.2, -0.15) is 0 Å². The van der Waals surface area contributed by atoms with Crippen molar-refractivity contribution in [1.82, 2.24) is 0 Å². The van der Waals surface area contributed by atoms with E-state index in [2.05, 4.69) is 18.2 Å². The van der Waals surface area contributed by atoms with E-state index in [1.54, 1.807) is 26.0 Å². The first-order valence-electron chi connectivity index (χ1n) is 6.39. The van der Waals surface area contributed by atoms with Gasteiger partial charge in [-0.3, -0.25) is 0 Å². The van der Waals surface area contributed by atoms with Crippen LogP contribution in [0.1, 0.15) is 11.1 Å². The highest BCUT2D eigenvalue weighted by Crippen LogP contribution is 2.30. The van der Waals surface area contributed by atoms with E-state index in [4.69, 9.17) is 15.2 Å². The Morgan fingerprint density at radius 2 is 1.75 bits per heavy atom. The predicted octanol–water partition coefficient (Wildman–Crippen LogP) is 3.45. The summed E-state index contributed by atoms with van der Waals surface area (Å²) < 4.78 is 10.6. The summed E-state index contributed by atoms with van der Waals surface area (Å²) in [4.78, 5) is 1.22. The lowest BCUT2D eigenvalue weighted by Crippen LogP contribution is -1.95. The van der Waals surface area contributed by atoms with Crippen molar-refractivity contribution in [3.63, 3.8) is 0 Å². The smallest absolute Gasteiger partial charge is 0.161 e. The average Bonchev–Trinajstić information content (AvgIpc) is 2.52. The van der Waals surface area contributed by atoms with Crippen molar-refractivity contribution in [2.75, 3.05) is 14.2 Å². The van der Waals surface area contributed by atoms with Crippen LogP contribution < -0.4 is 15.2 Å². The zero-order valence-corrected chi connectivity index (χ0v) is 12.6. The van der Waals surface area contributed by atoms with E-state index in [0.717, 1.165) is 22.8 Å². The molecule has 0 spiro atoms. The third kappa shape index (κ3) is 3.68. The molecule has 0 amide bonds. The van der Waals surface area contributed by atoms with Crippen molar-refractivity contribution < 1.29 is 9.47 Å². The molecule has 0 atom stereocenters. The average molecular weight is 289 g/mol. The Kier molecular flexibility index (Phi) is 5.32. The Hall–Kier alpha value is -1.65. The highest BCUT2D eigenvalue weighted by molar-refractivity contribution is 7.98. The maximum absolute atomic E-state index is 5.66. The second-order valence-corrected chi connectivity index (χ2v) is 5.38. The van der Waals surface area contributed by atoms with Crippen molar-refractivity contribution in [2.24, 2.45) is 5.73 Å². The highest BCUT2D eigenvalue weighted by atomic mass is 32.2. The van der Waals surface area contributed by atoms with Crippen LogP contribution in [-0.4, -0.2) is 14.2 Å². The number of hydrogen-bond donors (Lipinski definition) is 1. The van der Waals surface area contributed by atoms with Gasteiger partial charge in [0.1, 0.15) is 0 Å². The van der Waals surface area contributed by atoms with Crippen LogP contribution >= 0.6 is 11.8 Å². The fraction of sp³-hybridized carbons (Fsp3) is 0.250. The van der Waals surface area contributed by atoms with Gasteiger partial charge in [-0.05, 0) is 35.4 Å². The fourth-order valence-electron chi connectivity index (χ4n) is 1.90. The Morgan fingerprint density at radius 1 is 0.950 bits per heavy atom. The van der Waals surface area contributed by atoms with E-state index in [1.807, 2.05) is 24.3 Å². The summed E-state index contributed by atoms with van der Waals surface area (Å²) in [6.07, 6.45) is 0. The Labute approximate surface area is 124 Å². The van der Waals surface area contributed by atoms with Crippen LogP contribution in [0.3, 0.4) is 0 Å². The molecular weight excluding hydrogens is 270 g/mol. The van der Waals surface area contributed by atoms with Crippen LogP contribution in [0.4, 0.5) is 0 Å². The standard InChI is InChI=1S/C16H19NO2S/c1-18-15-7-6-13(9-16(15)19-2)11-20-14-5-3-4-12(8-14)10-17/h3-9H,10-11,17H2,1-2H3. The van der Waals surface area contributed by atoms with E-state index in [9.17, 15) is 0 Å². The zero-order chi connectivity index (χ0) is 14.4. The van der Waals surface area contributed by atoms with Gasteiger partial charge in [0.15, 0.2) is 11.5 Å². The van der Waals surface area contributed by atoms with E-state index in [1.165, 1.54) is 10.5 Å². The second-order valence-electron chi connectivity index (χ2n) is 4.33. The third-order valence-electron chi connectivity index (χ3n) is 2.99. The van der Waals surface area contributed by atoms with Gasteiger partial charge in [0.05, 0.1) is 14.2 Å². The molecule has 2 N–H and O–H groups in total. The van der Waals surface area contributed by atoms with Crippen molar-refractivity contribution >= 4 is 11.8 Å². The number of methoxy groups -OCH3 is 2. The minimum Gasteiger partial charge on any atom is -0.493 e. The minimum absolute atomic E-state index is 0.574. The summed E-state index contributed by atoms with van der Waals surface area (Å²) in [7, 11) is 3.30. The monoisotopic (exact) mass is 289 g/mol. The largest absolute Gasteiger partial charge is 0.493 e. The third-order valence-corrected chi connectivity index (χ3v) is 4.05. The Bertz CT molecular complexity index is 572. The number of hydrogen-bond acceptors (Lipinski definition) is 4. The van der Waals surface area contributed by atoms with Crippen molar-refractivity contribution in [2.45, 2.75) is 17.2 Å². The number of thioether (sulfide) groups is 1. The molecule has 20 heavy (non-hydrogen) atoms. The van der Waals surface area contributed by atoms with Gasteiger partial charge in [-0.1, -0.05) is 18.2 Å². The van der Waals surface area contributed by atoms with Gasteiger partial charge < -0.3 is 15.2 Å². The summed E-state index contributed by atoms with van der Waals surface area (Å²) in [5.74, 6) is 2.40. The second kappa shape index (κ2) is 7.22. The minimum atomic E-state index is 0.574. The first-order chi connectivity index (χ1) is 9.76. The lowest BCUT2D eigenvalue weighted by molar-refractivity contribution is 0.354. The lowest BCUT2D eigenvalue weighted by Gasteiger charge is -2.09. The molecule has 2 rings (SSSR count). The molecule has 0 aliphatic carbocycles. The van der Waals surface area contributed by atoms with Gasteiger partial charge in [0.2, 0.25) is 0 Å². The van der Waals surface area contributed by atoms with Crippen LogP contribution in [0.5, 0.6) is 11.5 Å². The molecule has 0 saturated heterocycles. The van der Waals surface area contributed by atoms with E-state index >= 15 is 0 Å². The van der Waals surface area contributed by atoms with Gasteiger partial charge in [0, 0.05) is 17.2 Å². The van der Waals surface area contributed by atoms with Crippen molar-refractivity contribution in [1.29, 1.82) is 0 Å². The molecule has 0 unspecified atom stereocenters. The van der Waals surface area contributed by atoms with E-state index in [-0.39, 0.29) is 0 Å². The summed E-state index contributed by atoms with van der Waals surface area (Å²) in [5.41, 5.74) is 8.01. The van der Waals surface area contributed by atoms with Gasteiger partial charge >= 0.3 is 0 Å². The quantitative estimate of drug-likeness (QED) is 0.827. The molecule has 2 aromatic carbocycles. The summed E-state index contributed by atoms with van der Waals surface area (Å²) in [6.45, 7) is 0.574. The number of ether oxygens (including phenoxy) is 2. The van der Waals surface area contributed by atoms with Gasteiger partial charge in [0.25, 0.3) is 0 Å². The first-order valence-corrected chi connectivity index (χ1v) is 7.38. The van der Waals surface area contributed by atoms with E-state index < -0.39 is 0 Å². The molecular formula is C16H19NO2S. The molecule has 2 aromatic rings. The number of benzene rings is 2. The van der Waals surface area contributed by atoms with Crippen LogP contribution in [-0.2, 0) is 12.3 Å². The molecule has 0 aliphatic heterocycles. The molecule has 0 fully saturated rings. The topological polar surface area (TPSA) is 44.5 Å². The summed E-state index contributed by atoms with van der Waals surface area (Å²) in [6, 6.07) is 14.3. The molecule has 0 saturated carbocycles. The summed E-state index contributed by atoms with van der Waals surface area (Å²) >= 11 is 1.78. The zero-order valence-electron chi connectivity index (χ0n) is 11.8. The van der Waals surface area contributed by atoms with Crippen LogP contribution in [0.15, 0.2) is 47.4 Å². The normalized spacial score (nSPS) is 10.3. The maximum atomic E-state index is 5.66. The fourth-order valence-corrected chi connectivity index (χ4v) is 2.82. The molecule has 4 heteroatoms. The molecule has 106 valence electrons. The predicted molar refractivity (Wildman–Crippen MR) is 83.4 cm³/mol. The summed E-state index contributed by atoms with van der Waals surface area (Å²) in [5, 5.41) is 0. The van der Waals surface area contributed by atoms with Crippen LogP contribution in [0, 0.1) is 0 Å². The molecule has 3 nitrogen and oxygen atoms in total. The number of rotatable bonds is 6. The van der Waals surface area contributed by atoms with Crippen LogP contribution in [0.25, 0.3) is 0 Å². The van der Waals surface area contributed by atoms with Gasteiger partial charge in [-0.15, -0.1) is 11.8 Å². The molecule has 0 radical (unpaired) electrons. The lowest BCUT2D eigenvalue weighted by atomic mass is 10.2. The van der Waals surface area contributed by atoms with E-state index in [0.29, 0.717) is 6.54 Å². The molecule has 0 bridgehead atoms. The highest BCUT2D eigenvalue weighted by Gasteiger charge is 2.05. The SMILES string of the molecule is COc1ccc(CSc2cccc(CN)c2)cc1OC. The first kappa shape index (κ1) is 14.8. The Morgan fingerprint density at radius 3 is 2.45 bits per heavy atom. The molecule has 0 aromatic heterocycles.